The molecule has 0 radical (unpaired) electrons. The van der Waals surface area contributed by atoms with Crippen LogP contribution in [0.5, 0.6) is 0 Å². The molecule has 2 aromatic carbocycles. The van der Waals surface area contributed by atoms with Crippen LogP contribution in [0.3, 0.4) is 0 Å². The zero-order valence-corrected chi connectivity index (χ0v) is 10.2. The Labute approximate surface area is 110 Å². The maximum absolute atomic E-state index is 13.6. The van der Waals surface area contributed by atoms with Gasteiger partial charge in [0.2, 0.25) is 0 Å². The highest BCUT2D eigenvalue weighted by molar-refractivity contribution is 6.31. The van der Waals surface area contributed by atoms with Crippen molar-refractivity contribution < 1.29 is 4.39 Å². The molecule has 2 aromatic rings. The van der Waals surface area contributed by atoms with E-state index in [2.05, 4.69) is 11.4 Å². The minimum absolute atomic E-state index is 0.0774. The summed E-state index contributed by atoms with van der Waals surface area (Å²) in [6.45, 7) is 0.376. The molecule has 0 aromatic heterocycles. The zero-order valence-electron chi connectivity index (χ0n) is 9.45. The molecule has 18 heavy (non-hydrogen) atoms. The van der Waals surface area contributed by atoms with Crippen LogP contribution in [-0.4, -0.2) is 0 Å². The Kier molecular flexibility index (Phi) is 3.81. The van der Waals surface area contributed by atoms with E-state index in [0.29, 0.717) is 17.8 Å². The average molecular weight is 261 g/mol. The molecular formula is C14H10ClFN2. The fourth-order valence-corrected chi connectivity index (χ4v) is 1.79. The van der Waals surface area contributed by atoms with Gasteiger partial charge in [-0.25, -0.2) is 4.39 Å². The molecule has 0 saturated heterocycles. The van der Waals surface area contributed by atoms with Crippen LogP contribution in [0.2, 0.25) is 5.02 Å². The molecule has 0 aliphatic rings. The second-order valence-corrected chi connectivity index (χ2v) is 4.13. The van der Waals surface area contributed by atoms with E-state index in [0.717, 1.165) is 5.56 Å². The predicted octanol–water partition coefficient (Wildman–Crippen LogP) is 3.96. The molecule has 0 saturated carbocycles. The van der Waals surface area contributed by atoms with Crippen LogP contribution in [0.25, 0.3) is 0 Å². The molecule has 1 N–H and O–H groups in total. The predicted molar refractivity (Wildman–Crippen MR) is 69.9 cm³/mol. The number of nitrogens with zero attached hydrogens (tertiary/aromatic N) is 1. The summed E-state index contributed by atoms with van der Waals surface area (Å²) < 4.78 is 13.6. The van der Waals surface area contributed by atoms with Crippen molar-refractivity contribution in [2.75, 3.05) is 5.32 Å². The summed E-state index contributed by atoms with van der Waals surface area (Å²) in [7, 11) is 0. The van der Waals surface area contributed by atoms with Gasteiger partial charge >= 0.3 is 0 Å². The molecular weight excluding hydrogens is 251 g/mol. The first-order chi connectivity index (χ1) is 8.72. The number of nitriles is 1. The van der Waals surface area contributed by atoms with Crippen molar-refractivity contribution in [2.24, 2.45) is 0 Å². The summed E-state index contributed by atoms with van der Waals surface area (Å²) in [6, 6.07) is 14.1. The molecule has 0 atom stereocenters. The van der Waals surface area contributed by atoms with Gasteiger partial charge in [0, 0.05) is 6.54 Å². The van der Waals surface area contributed by atoms with E-state index < -0.39 is 5.82 Å². The van der Waals surface area contributed by atoms with E-state index in [1.165, 1.54) is 6.07 Å². The first-order valence-electron chi connectivity index (χ1n) is 5.38. The van der Waals surface area contributed by atoms with Crippen LogP contribution < -0.4 is 5.32 Å². The highest BCUT2D eigenvalue weighted by atomic mass is 35.5. The fraction of sp³-hybridized carbons (Fsp3) is 0.0714. The van der Waals surface area contributed by atoms with Crippen LogP contribution >= 0.6 is 11.6 Å². The van der Waals surface area contributed by atoms with E-state index in [1.807, 2.05) is 12.1 Å². The van der Waals surface area contributed by atoms with Crippen LogP contribution in [0, 0.1) is 17.1 Å². The third-order valence-electron chi connectivity index (χ3n) is 2.56. The van der Waals surface area contributed by atoms with Gasteiger partial charge in [0.15, 0.2) is 5.82 Å². The van der Waals surface area contributed by atoms with Gasteiger partial charge in [-0.15, -0.1) is 0 Å². The number of hydrogen-bond acceptors (Lipinski definition) is 2. The van der Waals surface area contributed by atoms with Crippen molar-refractivity contribution in [1.82, 2.24) is 0 Å². The standard InChI is InChI=1S/C14H10ClFN2/c15-12-6-3-7-13(14(12)16)18-9-11-5-2-1-4-10(11)8-17/h1-7,18H,9H2. The number of anilines is 1. The topological polar surface area (TPSA) is 35.8 Å². The molecule has 0 fully saturated rings. The summed E-state index contributed by atoms with van der Waals surface area (Å²) in [5, 5.41) is 12.0. The fourth-order valence-electron chi connectivity index (χ4n) is 1.61. The molecule has 0 bridgehead atoms. The molecule has 2 nitrogen and oxygen atoms in total. The molecule has 0 unspecified atom stereocenters. The Morgan fingerprint density at radius 2 is 1.94 bits per heavy atom. The van der Waals surface area contributed by atoms with Crippen LogP contribution in [0.4, 0.5) is 10.1 Å². The lowest BCUT2D eigenvalue weighted by Crippen LogP contribution is -2.03. The Balaban J connectivity index is 2.17. The highest BCUT2D eigenvalue weighted by Gasteiger charge is 2.06. The molecule has 2 rings (SSSR count). The minimum Gasteiger partial charge on any atom is -0.379 e. The van der Waals surface area contributed by atoms with Gasteiger partial charge in [0.1, 0.15) is 0 Å². The molecule has 0 spiro atoms. The summed E-state index contributed by atoms with van der Waals surface area (Å²) in [6.07, 6.45) is 0. The molecule has 0 aliphatic carbocycles. The van der Waals surface area contributed by atoms with Gasteiger partial charge in [-0.1, -0.05) is 35.9 Å². The summed E-state index contributed by atoms with van der Waals surface area (Å²) in [5.41, 5.74) is 1.72. The summed E-state index contributed by atoms with van der Waals surface area (Å²) in [4.78, 5) is 0. The van der Waals surface area contributed by atoms with Crippen LogP contribution in [0.1, 0.15) is 11.1 Å². The molecule has 0 amide bonds. The van der Waals surface area contributed by atoms with E-state index in [4.69, 9.17) is 16.9 Å². The van der Waals surface area contributed by atoms with Crippen LogP contribution in [0.15, 0.2) is 42.5 Å². The number of benzene rings is 2. The van der Waals surface area contributed by atoms with Crippen molar-refractivity contribution >= 4 is 17.3 Å². The zero-order chi connectivity index (χ0) is 13.0. The third-order valence-corrected chi connectivity index (χ3v) is 2.85. The lowest BCUT2D eigenvalue weighted by Gasteiger charge is -2.09. The maximum Gasteiger partial charge on any atom is 0.164 e. The number of nitrogens with one attached hydrogen (secondary N) is 1. The number of halogens is 2. The number of hydrogen-bond donors (Lipinski definition) is 1. The van der Waals surface area contributed by atoms with Gasteiger partial charge in [0.05, 0.1) is 22.3 Å². The van der Waals surface area contributed by atoms with E-state index in [9.17, 15) is 4.39 Å². The Hall–Kier alpha value is -2.05. The second-order valence-electron chi connectivity index (χ2n) is 3.72. The minimum atomic E-state index is -0.478. The van der Waals surface area contributed by atoms with Gasteiger partial charge in [-0.3, -0.25) is 0 Å². The lowest BCUT2D eigenvalue weighted by atomic mass is 10.1. The maximum atomic E-state index is 13.6. The molecule has 0 aliphatic heterocycles. The van der Waals surface area contributed by atoms with E-state index in [1.54, 1.807) is 24.3 Å². The molecule has 4 heteroatoms. The smallest absolute Gasteiger partial charge is 0.164 e. The van der Waals surface area contributed by atoms with Gasteiger partial charge < -0.3 is 5.32 Å². The van der Waals surface area contributed by atoms with Crippen LogP contribution in [-0.2, 0) is 6.54 Å². The van der Waals surface area contributed by atoms with Crippen molar-refractivity contribution in [2.45, 2.75) is 6.54 Å². The normalized spacial score (nSPS) is 9.83. The number of rotatable bonds is 3. The summed E-state index contributed by atoms with van der Waals surface area (Å²) in [5.74, 6) is -0.478. The lowest BCUT2D eigenvalue weighted by molar-refractivity contribution is 0.630. The van der Waals surface area contributed by atoms with Crippen molar-refractivity contribution in [3.63, 3.8) is 0 Å². The SMILES string of the molecule is N#Cc1ccccc1CNc1cccc(Cl)c1F. The van der Waals surface area contributed by atoms with Gasteiger partial charge in [-0.05, 0) is 23.8 Å². The first kappa shape index (κ1) is 12.4. The van der Waals surface area contributed by atoms with Crippen molar-refractivity contribution in [3.8, 4) is 6.07 Å². The molecule has 0 heterocycles. The average Bonchev–Trinajstić information content (AvgIpc) is 2.41. The van der Waals surface area contributed by atoms with E-state index in [-0.39, 0.29) is 5.02 Å². The Bertz CT molecular complexity index is 605. The third kappa shape index (κ3) is 2.61. The summed E-state index contributed by atoms with van der Waals surface area (Å²) >= 11 is 5.69. The highest BCUT2D eigenvalue weighted by Crippen LogP contribution is 2.22. The first-order valence-corrected chi connectivity index (χ1v) is 5.76. The Morgan fingerprint density at radius 3 is 2.72 bits per heavy atom. The quantitative estimate of drug-likeness (QED) is 0.907. The van der Waals surface area contributed by atoms with E-state index >= 15 is 0 Å². The van der Waals surface area contributed by atoms with Gasteiger partial charge in [0.25, 0.3) is 0 Å². The van der Waals surface area contributed by atoms with Crippen molar-refractivity contribution in [1.29, 1.82) is 5.26 Å². The second kappa shape index (κ2) is 5.52. The largest absolute Gasteiger partial charge is 0.379 e. The van der Waals surface area contributed by atoms with Crippen molar-refractivity contribution in [3.05, 3.63) is 64.4 Å². The molecule has 90 valence electrons. The monoisotopic (exact) mass is 260 g/mol. The van der Waals surface area contributed by atoms with Gasteiger partial charge in [-0.2, -0.15) is 5.26 Å². The Morgan fingerprint density at radius 1 is 1.17 bits per heavy atom.